The summed E-state index contributed by atoms with van der Waals surface area (Å²) in [7, 11) is 1.96. The molecule has 1 aliphatic heterocycles. The lowest BCUT2D eigenvalue weighted by atomic mass is 9.93. The molecule has 0 unspecified atom stereocenters. The van der Waals surface area contributed by atoms with Gasteiger partial charge in [-0.1, -0.05) is 18.2 Å². The molecule has 132 valence electrons. The van der Waals surface area contributed by atoms with E-state index in [0.29, 0.717) is 11.7 Å². The number of hydrogen-bond acceptors (Lipinski definition) is 4. The Labute approximate surface area is 143 Å². The average Bonchev–Trinajstić information content (AvgIpc) is 2.64. The van der Waals surface area contributed by atoms with E-state index in [0.717, 1.165) is 38.9 Å². The van der Waals surface area contributed by atoms with Crippen LogP contribution in [0.2, 0.25) is 0 Å². The van der Waals surface area contributed by atoms with E-state index < -0.39 is 0 Å². The van der Waals surface area contributed by atoms with E-state index in [1.165, 1.54) is 0 Å². The number of likely N-dealkylation sites (tertiary alicyclic amines) is 1. The Hall–Kier alpha value is -2.08. The molecule has 0 aliphatic carbocycles. The van der Waals surface area contributed by atoms with E-state index in [1.54, 1.807) is 12.1 Å². The highest BCUT2D eigenvalue weighted by atomic mass is 16.5. The highest BCUT2D eigenvalue weighted by molar-refractivity contribution is 5.85. The normalized spacial score (nSPS) is 15.1. The van der Waals surface area contributed by atoms with Gasteiger partial charge in [0.2, 0.25) is 5.91 Å². The number of ether oxygens (including phenoxy) is 1. The van der Waals surface area contributed by atoms with E-state index in [9.17, 15) is 9.59 Å². The maximum Gasteiger partial charge on any atom is 0.258 e. The van der Waals surface area contributed by atoms with Gasteiger partial charge in [0.15, 0.2) is 6.61 Å². The molecule has 6 heteroatoms. The summed E-state index contributed by atoms with van der Waals surface area (Å²) in [6, 6.07) is 9.15. The van der Waals surface area contributed by atoms with Crippen LogP contribution in [0.15, 0.2) is 30.3 Å². The number of piperidine rings is 1. The average molecular weight is 333 g/mol. The third-order valence-corrected chi connectivity index (χ3v) is 4.32. The highest BCUT2D eigenvalue weighted by Gasteiger charge is 2.22. The van der Waals surface area contributed by atoms with Gasteiger partial charge in [-0.05, 0) is 50.9 Å². The van der Waals surface area contributed by atoms with Crippen LogP contribution in [0.3, 0.4) is 0 Å². The molecule has 0 saturated carbocycles. The zero-order valence-corrected chi connectivity index (χ0v) is 14.3. The second kappa shape index (κ2) is 9.93. The van der Waals surface area contributed by atoms with Crippen molar-refractivity contribution in [3.8, 4) is 5.75 Å². The molecule has 1 fully saturated rings. The Bertz CT molecular complexity index is 514. The van der Waals surface area contributed by atoms with Crippen LogP contribution in [-0.2, 0) is 9.59 Å². The van der Waals surface area contributed by atoms with E-state index in [2.05, 4.69) is 10.6 Å². The number of para-hydroxylation sites is 1. The monoisotopic (exact) mass is 333 g/mol. The standard InChI is InChI=1S/C18H27N3O3/c1-19-10-7-15-8-11-21(12-9-15)18(23)13-20-17(22)14-24-16-5-3-2-4-6-16/h2-6,15,19H,7-14H2,1H3,(H,20,22). The predicted octanol–water partition coefficient (Wildman–Crippen LogP) is 1.03. The minimum atomic E-state index is -0.281. The summed E-state index contributed by atoms with van der Waals surface area (Å²) < 4.78 is 5.35. The summed E-state index contributed by atoms with van der Waals surface area (Å²) >= 11 is 0. The van der Waals surface area contributed by atoms with Crippen LogP contribution in [0.5, 0.6) is 5.75 Å². The van der Waals surface area contributed by atoms with Crippen LogP contribution in [0.4, 0.5) is 0 Å². The fraction of sp³-hybridized carbons (Fsp3) is 0.556. The van der Waals surface area contributed by atoms with Crippen molar-refractivity contribution in [1.29, 1.82) is 0 Å². The summed E-state index contributed by atoms with van der Waals surface area (Å²) in [4.78, 5) is 25.8. The van der Waals surface area contributed by atoms with Gasteiger partial charge < -0.3 is 20.3 Å². The van der Waals surface area contributed by atoms with E-state index in [4.69, 9.17) is 4.74 Å². The molecule has 1 aromatic rings. The molecule has 2 amide bonds. The molecule has 24 heavy (non-hydrogen) atoms. The molecule has 0 spiro atoms. The molecule has 0 radical (unpaired) electrons. The van der Waals surface area contributed by atoms with Crippen molar-refractivity contribution in [2.24, 2.45) is 5.92 Å². The zero-order valence-electron chi connectivity index (χ0n) is 14.3. The van der Waals surface area contributed by atoms with Gasteiger partial charge in [-0.25, -0.2) is 0 Å². The number of nitrogens with zero attached hydrogens (tertiary/aromatic N) is 1. The minimum absolute atomic E-state index is 0.0184. The van der Waals surface area contributed by atoms with Crippen LogP contribution < -0.4 is 15.4 Å². The van der Waals surface area contributed by atoms with Gasteiger partial charge in [0.1, 0.15) is 5.75 Å². The van der Waals surface area contributed by atoms with Gasteiger partial charge in [0.05, 0.1) is 6.54 Å². The number of carbonyl (C=O) groups is 2. The van der Waals surface area contributed by atoms with E-state index >= 15 is 0 Å². The Morgan fingerprint density at radius 2 is 1.92 bits per heavy atom. The molecular weight excluding hydrogens is 306 g/mol. The number of carbonyl (C=O) groups excluding carboxylic acids is 2. The molecule has 0 bridgehead atoms. The number of rotatable bonds is 8. The maximum atomic E-state index is 12.2. The third kappa shape index (κ3) is 6.20. The molecule has 1 heterocycles. The molecule has 1 saturated heterocycles. The number of amides is 2. The maximum absolute atomic E-state index is 12.2. The van der Waals surface area contributed by atoms with Gasteiger partial charge in [-0.2, -0.15) is 0 Å². The van der Waals surface area contributed by atoms with Crippen LogP contribution in [0, 0.1) is 5.92 Å². The molecule has 6 nitrogen and oxygen atoms in total. The largest absolute Gasteiger partial charge is 0.484 e. The fourth-order valence-corrected chi connectivity index (χ4v) is 2.82. The third-order valence-electron chi connectivity index (χ3n) is 4.32. The van der Waals surface area contributed by atoms with Crippen molar-refractivity contribution in [2.45, 2.75) is 19.3 Å². The first kappa shape index (κ1) is 18.3. The number of benzene rings is 1. The molecule has 2 N–H and O–H groups in total. The van der Waals surface area contributed by atoms with Crippen molar-refractivity contribution < 1.29 is 14.3 Å². The first-order chi connectivity index (χ1) is 11.7. The van der Waals surface area contributed by atoms with E-state index in [1.807, 2.05) is 30.1 Å². The first-order valence-electron chi connectivity index (χ1n) is 8.56. The van der Waals surface area contributed by atoms with E-state index in [-0.39, 0.29) is 25.0 Å². The molecular formula is C18H27N3O3. The Morgan fingerprint density at radius 1 is 1.21 bits per heavy atom. The first-order valence-corrected chi connectivity index (χ1v) is 8.56. The minimum Gasteiger partial charge on any atom is -0.484 e. The van der Waals surface area contributed by atoms with Crippen LogP contribution in [-0.4, -0.2) is 56.5 Å². The van der Waals surface area contributed by atoms with Gasteiger partial charge >= 0.3 is 0 Å². The predicted molar refractivity (Wildman–Crippen MR) is 92.8 cm³/mol. The molecule has 0 aromatic heterocycles. The second-order valence-electron chi connectivity index (χ2n) is 6.09. The quantitative estimate of drug-likeness (QED) is 0.745. The Kier molecular flexibility index (Phi) is 7.55. The highest BCUT2D eigenvalue weighted by Crippen LogP contribution is 2.19. The van der Waals surface area contributed by atoms with Crippen molar-refractivity contribution in [2.75, 3.05) is 39.8 Å². The lowest BCUT2D eigenvalue weighted by Gasteiger charge is -2.32. The lowest BCUT2D eigenvalue weighted by Crippen LogP contribution is -2.45. The lowest BCUT2D eigenvalue weighted by molar-refractivity contribution is -0.134. The molecule has 2 rings (SSSR count). The van der Waals surface area contributed by atoms with Crippen molar-refractivity contribution in [3.05, 3.63) is 30.3 Å². The zero-order chi connectivity index (χ0) is 17.2. The number of hydrogen-bond donors (Lipinski definition) is 2. The smallest absolute Gasteiger partial charge is 0.258 e. The van der Waals surface area contributed by atoms with Gasteiger partial charge in [0, 0.05) is 13.1 Å². The Morgan fingerprint density at radius 3 is 2.58 bits per heavy atom. The van der Waals surface area contributed by atoms with Crippen molar-refractivity contribution in [1.82, 2.24) is 15.5 Å². The van der Waals surface area contributed by atoms with Crippen molar-refractivity contribution >= 4 is 11.8 Å². The van der Waals surface area contributed by atoms with Crippen molar-refractivity contribution in [3.63, 3.8) is 0 Å². The summed E-state index contributed by atoms with van der Waals surface area (Å²) in [6.07, 6.45) is 3.24. The Balaban J connectivity index is 1.61. The summed E-state index contributed by atoms with van der Waals surface area (Å²) in [5, 5.41) is 5.80. The molecule has 1 aliphatic rings. The summed E-state index contributed by atoms with van der Waals surface area (Å²) in [5.41, 5.74) is 0. The van der Waals surface area contributed by atoms with Gasteiger partial charge in [0.25, 0.3) is 5.91 Å². The fourth-order valence-electron chi connectivity index (χ4n) is 2.82. The van der Waals surface area contributed by atoms with Gasteiger partial charge in [-0.3, -0.25) is 9.59 Å². The van der Waals surface area contributed by atoms with Crippen LogP contribution >= 0.6 is 0 Å². The van der Waals surface area contributed by atoms with Gasteiger partial charge in [-0.15, -0.1) is 0 Å². The molecule has 0 atom stereocenters. The molecule has 1 aromatic carbocycles. The summed E-state index contributed by atoms with van der Waals surface area (Å²) in [5.74, 6) is 1.03. The SMILES string of the molecule is CNCCC1CCN(C(=O)CNC(=O)COc2ccccc2)CC1. The second-order valence-corrected chi connectivity index (χ2v) is 6.09. The van der Waals surface area contributed by atoms with Crippen LogP contribution in [0.1, 0.15) is 19.3 Å². The van der Waals surface area contributed by atoms with Crippen LogP contribution in [0.25, 0.3) is 0 Å². The topological polar surface area (TPSA) is 70.7 Å². The summed E-state index contributed by atoms with van der Waals surface area (Å²) in [6.45, 7) is 2.55. The number of nitrogens with one attached hydrogen (secondary N) is 2.